The predicted octanol–water partition coefficient (Wildman–Crippen LogP) is -0.476. The molecule has 1 unspecified atom stereocenters. The maximum atomic E-state index is 11.1. The molecule has 6 nitrogen and oxygen atoms in total. The second-order valence-electron chi connectivity index (χ2n) is 3.17. The molecule has 3 N–H and O–H groups in total. The zero-order valence-electron chi connectivity index (χ0n) is 8.55. The fourth-order valence-electron chi connectivity index (χ4n) is 0.696. The molecule has 0 heterocycles. The molecular formula is C8H16NO5P. The molecule has 0 rings (SSSR count). The molecule has 0 spiro atoms. The van der Waals surface area contributed by atoms with Gasteiger partial charge < -0.3 is 24.4 Å². The summed E-state index contributed by atoms with van der Waals surface area (Å²) in [6, 6.07) is 0. The van der Waals surface area contributed by atoms with E-state index in [1.807, 2.05) is 0 Å². The standard InChI is InChI=1S/C8H16NO5P/c1-7(6-10)5-9-8(11)3-4-14-15(2,12)13/h6-7,12-13H,2-5H2,1H3,(H,9,11). The molecule has 0 aromatic carbocycles. The van der Waals surface area contributed by atoms with Crippen LogP contribution in [0.3, 0.4) is 0 Å². The lowest BCUT2D eigenvalue weighted by atomic mass is 10.2. The number of hydrogen-bond acceptors (Lipinski definition) is 5. The van der Waals surface area contributed by atoms with Crippen LogP contribution in [0.2, 0.25) is 0 Å². The summed E-state index contributed by atoms with van der Waals surface area (Å²) < 4.78 is 4.51. The third kappa shape index (κ3) is 9.62. The van der Waals surface area contributed by atoms with E-state index in [1.54, 1.807) is 6.92 Å². The highest BCUT2D eigenvalue weighted by Gasteiger charge is 2.08. The van der Waals surface area contributed by atoms with Crippen molar-refractivity contribution >= 4 is 26.1 Å². The van der Waals surface area contributed by atoms with Crippen molar-refractivity contribution in [1.29, 1.82) is 0 Å². The van der Waals surface area contributed by atoms with Crippen molar-refractivity contribution < 1.29 is 23.9 Å². The third-order valence-electron chi connectivity index (χ3n) is 1.48. The lowest BCUT2D eigenvalue weighted by Gasteiger charge is -2.10. The zero-order chi connectivity index (χ0) is 11.9. The molecule has 0 aromatic rings. The number of carbonyl (C=O) groups is 2. The first-order valence-corrected chi connectivity index (χ1v) is 6.20. The van der Waals surface area contributed by atoms with Gasteiger partial charge in [-0.3, -0.25) is 4.79 Å². The second kappa shape index (κ2) is 6.74. The predicted molar refractivity (Wildman–Crippen MR) is 57.3 cm³/mol. The molecule has 0 aliphatic carbocycles. The average molecular weight is 237 g/mol. The molecule has 0 saturated carbocycles. The second-order valence-corrected chi connectivity index (χ2v) is 4.75. The van der Waals surface area contributed by atoms with Crippen molar-refractivity contribution in [3.63, 3.8) is 0 Å². The Balaban J connectivity index is 3.58. The van der Waals surface area contributed by atoms with Crippen LogP contribution in [0.15, 0.2) is 0 Å². The smallest absolute Gasteiger partial charge is 0.245 e. The maximum absolute atomic E-state index is 11.1. The summed E-state index contributed by atoms with van der Waals surface area (Å²) in [6.45, 7) is 1.84. The van der Waals surface area contributed by atoms with Crippen molar-refractivity contribution in [1.82, 2.24) is 5.32 Å². The number of nitrogens with one attached hydrogen (secondary N) is 1. The summed E-state index contributed by atoms with van der Waals surface area (Å²) in [6.07, 6.45) is 3.72. The number of amides is 1. The quantitative estimate of drug-likeness (QED) is 0.410. The summed E-state index contributed by atoms with van der Waals surface area (Å²) in [5.74, 6) is -0.540. The molecule has 0 saturated heterocycles. The number of hydrogen-bond donors (Lipinski definition) is 3. The molecule has 0 fully saturated rings. The highest BCUT2D eigenvalue weighted by Crippen LogP contribution is 2.34. The van der Waals surface area contributed by atoms with Gasteiger partial charge in [0.05, 0.1) is 13.0 Å². The zero-order valence-corrected chi connectivity index (χ0v) is 9.44. The number of aldehydes is 1. The van der Waals surface area contributed by atoms with Gasteiger partial charge in [-0.2, -0.15) is 0 Å². The van der Waals surface area contributed by atoms with Crippen LogP contribution in [0.4, 0.5) is 0 Å². The first-order valence-electron chi connectivity index (χ1n) is 4.40. The molecule has 1 atom stereocenters. The Morgan fingerprint density at radius 3 is 2.73 bits per heavy atom. The summed E-state index contributed by atoms with van der Waals surface area (Å²) in [5.41, 5.74) is 0. The van der Waals surface area contributed by atoms with Gasteiger partial charge in [-0.05, 0) is 6.30 Å². The van der Waals surface area contributed by atoms with Gasteiger partial charge in [0.15, 0.2) is 0 Å². The third-order valence-corrected chi connectivity index (χ3v) is 2.08. The highest BCUT2D eigenvalue weighted by molar-refractivity contribution is 7.57. The van der Waals surface area contributed by atoms with E-state index in [2.05, 4.69) is 16.1 Å². The molecular weight excluding hydrogens is 221 g/mol. The van der Waals surface area contributed by atoms with Gasteiger partial charge in [-0.25, -0.2) is 0 Å². The van der Waals surface area contributed by atoms with Crippen molar-refractivity contribution in [2.75, 3.05) is 13.2 Å². The van der Waals surface area contributed by atoms with Crippen LogP contribution in [-0.2, 0) is 14.1 Å². The van der Waals surface area contributed by atoms with E-state index in [4.69, 9.17) is 9.79 Å². The van der Waals surface area contributed by atoms with Crippen molar-refractivity contribution in [3.8, 4) is 0 Å². The minimum atomic E-state index is -3.50. The minimum Gasteiger partial charge on any atom is -0.355 e. The Labute approximate surface area is 88.5 Å². The Morgan fingerprint density at radius 1 is 1.67 bits per heavy atom. The van der Waals surface area contributed by atoms with E-state index >= 15 is 0 Å². The monoisotopic (exact) mass is 237 g/mol. The van der Waals surface area contributed by atoms with E-state index in [0.717, 1.165) is 6.29 Å². The van der Waals surface area contributed by atoms with Gasteiger partial charge in [0.25, 0.3) is 0 Å². The van der Waals surface area contributed by atoms with Crippen molar-refractivity contribution in [3.05, 3.63) is 0 Å². The summed E-state index contributed by atoms with van der Waals surface area (Å²) in [4.78, 5) is 38.8. The fraction of sp³-hybridized carbons (Fsp3) is 0.625. The van der Waals surface area contributed by atoms with Gasteiger partial charge in [-0.15, -0.1) is 0 Å². The lowest BCUT2D eigenvalue weighted by Crippen LogP contribution is -2.29. The molecule has 0 bridgehead atoms. The number of rotatable bonds is 7. The van der Waals surface area contributed by atoms with E-state index in [9.17, 15) is 9.59 Å². The molecule has 88 valence electrons. The first kappa shape index (κ1) is 14.3. The molecule has 15 heavy (non-hydrogen) atoms. The summed E-state index contributed by atoms with van der Waals surface area (Å²) >= 11 is 0. The van der Waals surface area contributed by atoms with E-state index in [0.29, 0.717) is 0 Å². The van der Waals surface area contributed by atoms with Crippen LogP contribution in [0, 0.1) is 5.92 Å². The van der Waals surface area contributed by atoms with Gasteiger partial charge in [0.1, 0.15) is 6.29 Å². The summed E-state index contributed by atoms with van der Waals surface area (Å²) in [5, 5.41) is 2.50. The molecule has 7 heteroatoms. The van der Waals surface area contributed by atoms with Gasteiger partial charge in [0.2, 0.25) is 13.5 Å². The SMILES string of the molecule is C=P(O)(O)OCCC(=O)NCC(C)C=O. The Morgan fingerprint density at radius 2 is 2.27 bits per heavy atom. The normalized spacial score (nSPS) is 13.3. The van der Waals surface area contributed by atoms with Gasteiger partial charge in [0, 0.05) is 12.5 Å². The lowest BCUT2D eigenvalue weighted by molar-refractivity contribution is -0.121. The molecule has 0 aliphatic rings. The van der Waals surface area contributed by atoms with Gasteiger partial charge in [-0.1, -0.05) is 6.92 Å². The van der Waals surface area contributed by atoms with Crippen LogP contribution in [0.25, 0.3) is 0 Å². The Kier molecular flexibility index (Phi) is 6.43. The van der Waals surface area contributed by atoms with Crippen LogP contribution in [0.5, 0.6) is 0 Å². The highest BCUT2D eigenvalue weighted by atomic mass is 31.2. The van der Waals surface area contributed by atoms with E-state index in [1.165, 1.54) is 0 Å². The Bertz CT molecular complexity index is 262. The van der Waals surface area contributed by atoms with E-state index < -0.39 is 7.57 Å². The van der Waals surface area contributed by atoms with Crippen molar-refractivity contribution in [2.24, 2.45) is 5.92 Å². The Hall–Kier alpha value is -0.680. The fourth-order valence-corrected chi connectivity index (χ4v) is 1.08. The van der Waals surface area contributed by atoms with Crippen LogP contribution < -0.4 is 5.32 Å². The molecule has 0 radical (unpaired) electrons. The minimum absolute atomic E-state index is 0.00394. The topological polar surface area (TPSA) is 95.9 Å². The largest absolute Gasteiger partial charge is 0.355 e. The first-order chi connectivity index (χ1) is 6.85. The molecule has 1 amide bonds. The number of carbonyl (C=O) groups excluding carboxylic acids is 2. The molecule has 0 aromatic heterocycles. The van der Waals surface area contributed by atoms with Gasteiger partial charge >= 0.3 is 0 Å². The van der Waals surface area contributed by atoms with Crippen LogP contribution >= 0.6 is 7.57 Å². The van der Waals surface area contributed by atoms with Crippen LogP contribution in [0.1, 0.15) is 13.3 Å². The van der Waals surface area contributed by atoms with Crippen LogP contribution in [-0.4, -0.2) is 41.4 Å². The maximum Gasteiger partial charge on any atom is 0.245 e. The summed E-state index contributed by atoms with van der Waals surface area (Å²) in [7, 11) is -3.50. The molecule has 0 aliphatic heterocycles. The van der Waals surface area contributed by atoms with Crippen molar-refractivity contribution in [2.45, 2.75) is 13.3 Å². The average Bonchev–Trinajstić information content (AvgIpc) is 2.12. The van der Waals surface area contributed by atoms with E-state index in [-0.39, 0.29) is 31.4 Å².